The number of likely N-dealkylation sites (N-methyl/N-ethyl adjacent to an activating group) is 1. The summed E-state index contributed by atoms with van der Waals surface area (Å²) in [5, 5.41) is 0. The molecule has 1 aliphatic heterocycles. The van der Waals surface area contributed by atoms with Crippen molar-refractivity contribution in [2.75, 3.05) is 32.7 Å². The zero-order chi connectivity index (χ0) is 16.1. The molecule has 1 fully saturated rings. The molecule has 4 nitrogen and oxygen atoms in total. The average Bonchev–Trinajstić information content (AvgIpc) is 2.55. The van der Waals surface area contributed by atoms with Crippen LogP contribution in [0, 0.1) is 13.8 Å². The van der Waals surface area contributed by atoms with Gasteiger partial charge in [-0.25, -0.2) is 0 Å². The molecule has 0 aromatic heterocycles. The van der Waals surface area contributed by atoms with E-state index in [1.165, 1.54) is 11.1 Å². The van der Waals surface area contributed by atoms with Crippen LogP contribution in [-0.4, -0.2) is 54.5 Å². The second kappa shape index (κ2) is 7.63. The first kappa shape index (κ1) is 16.8. The standard InChI is InChI=1S/C18H28N2O2/c1-5-17(22-16-8-7-14(3)15(4)13-16)18(21)20-11-9-19(6-2)10-12-20/h7-8,13,17H,5-6,9-12H2,1-4H3/t17-/m0/s1. The molecular weight excluding hydrogens is 276 g/mol. The van der Waals surface area contributed by atoms with Crippen LogP contribution in [0.5, 0.6) is 5.75 Å². The molecule has 0 bridgehead atoms. The van der Waals surface area contributed by atoms with Gasteiger partial charge in [0, 0.05) is 26.2 Å². The van der Waals surface area contributed by atoms with Gasteiger partial charge in [-0.05, 0) is 50.1 Å². The number of hydrogen-bond acceptors (Lipinski definition) is 3. The SMILES string of the molecule is CC[C@H](Oc1ccc(C)c(C)c1)C(=O)N1CCN(CC)CC1. The molecule has 1 saturated heterocycles. The second-order valence-corrected chi connectivity index (χ2v) is 6.02. The lowest BCUT2D eigenvalue weighted by Crippen LogP contribution is -2.52. The van der Waals surface area contributed by atoms with Crippen molar-refractivity contribution in [3.63, 3.8) is 0 Å². The number of rotatable bonds is 5. The van der Waals surface area contributed by atoms with E-state index in [-0.39, 0.29) is 12.0 Å². The quantitative estimate of drug-likeness (QED) is 0.838. The minimum atomic E-state index is -0.379. The Morgan fingerprint density at radius 1 is 1.14 bits per heavy atom. The molecule has 0 radical (unpaired) electrons. The van der Waals surface area contributed by atoms with Gasteiger partial charge in [0.15, 0.2) is 6.10 Å². The van der Waals surface area contributed by atoms with Gasteiger partial charge in [-0.1, -0.05) is 19.9 Å². The zero-order valence-corrected chi connectivity index (χ0v) is 14.3. The summed E-state index contributed by atoms with van der Waals surface area (Å²) in [4.78, 5) is 17.0. The van der Waals surface area contributed by atoms with E-state index in [1.807, 2.05) is 30.0 Å². The minimum absolute atomic E-state index is 0.122. The average molecular weight is 304 g/mol. The summed E-state index contributed by atoms with van der Waals surface area (Å²) in [5.74, 6) is 0.909. The van der Waals surface area contributed by atoms with E-state index < -0.39 is 0 Å². The topological polar surface area (TPSA) is 32.8 Å². The summed E-state index contributed by atoms with van der Waals surface area (Å²) in [6.07, 6.45) is 0.315. The van der Waals surface area contributed by atoms with Gasteiger partial charge in [0.2, 0.25) is 0 Å². The van der Waals surface area contributed by atoms with E-state index in [0.29, 0.717) is 6.42 Å². The number of hydrogen-bond donors (Lipinski definition) is 0. The number of carbonyl (C=O) groups is 1. The fourth-order valence-corrected chi connectivity index (χ4v) is 2.75. The Kier molecular flexibility index (Phi) is 5.83. The lowest BCUT2D eigenvalue weighted by atomic mass is 10.1. The van der Waals surface area contributed by atoms with Crippen LogP contribution in [0.15, 0.2) is 18.2 Å². The van der Waals surface area contributed by atoms with Crippen molar-refractivity contribution in [3.8, 4) is 5.75 Å². The van der Waals surface area contributed by atoms with Crippen molar-refractivity contribution >= 4 is 5.91 Å². The van der Waals surface area contributed by atoms with Crippen molar-refractivity contribution in [3.05, 3.63) is 29.3 Å². The molecular formula is C18H28N2O2. The third kappa shape index (κ3) is 4.01. The summed E-state index contributed by atoms with van der Waals surface area (Å²) in [6.45, 7) is 12.9. The Morgan fingerprint density at radius 3 is 2.36 bits per heavy atom. The van der Waals surface area contributed by atoms with Crippen molar-refractivity contribution < 1.29 is 9.53 Å². The third-order valence-electron chi connectivity index (χ3n) is 4.53. The smallest absolute Gasteiger partial charge is 0.263 e. The van der Waals surface area contributed by atoms with Gasteiger partial charge in [0.25, 0.3) is 5.91 Å². The van der Waals surface area contributed by atoms with Crippen molar-refractivity contribution in [2.24, 2.45) is 0 Å². The van der Waals surface area contributed by atoms with Crippen molar-refractivity contribution in [1.82, 2.24) is 9.80 Å². The Hall–Kier alpha value is -1.55. The van der Waals surface area contributed by atoms with E-state index in [9.17, 15) is 4.79 Å². The molecule has 1 atom stereocenters. The first-order chi connectivity index (χ1) is 10.5. The maximum atomic E-state index is 12.7. The van der Waals surface area contributed by atoms with E-state index in [1.54, 1.807) is 0 Å². The molecule has 0 aliphatic carbocycles. The number of ether oxygens (including phenoxy) is 1. The molecule has 0 saturated carbocycles. The second-order valence-electron chi connectivity index (χ2n) is 6.02. The summed E-state index contributed by atoms with van der Waals surface area (Å²) >= 11 is 0. The molecule has 1 amide bonds. The van der Waals surface area contributed by atoms with Crippen molar-refractivity contribution in [1.29, 1.82) is 0 Å². The van der Waals surface area contributed by atoms with E-state index >= 15 is 0 Å². The van der Waals surface area contributed by atoms with Crippen LogP contribution >= 0.6 is 0 Å². The number of carbonyl (C=O) groups excluding carboxylic acids is 1. The molecule has 4 heteroatoms. The molecule has 1 aliphatic rings. The van der Waals surface area contributed by atoms with Gasteiger partial charge >= 0.3 is 0 Å². The number of benzene rings is 1. The summed E-state index contributed by atoms with van der Waals surface area (Å²) in [5.41, 5.74) is 2.43. The van der Waals surface area contributed by atoms with E-state index in [2.05, 4.69) is 25.7 Å². The fourth-order valence-electron chi connectivity index (χ4n) is 2.75. The third-order valence-corrected chi connectivity index (χ3v) is 4.53. The van der Waals surface area contributed by atoms with Crippen LogP contribution in [0.2, 0.25) is 0 Å². The van der Waals surface area contributed by atoms with Gasteiger partial charge < -0.3 is 14.5 Å². The van der Waals surface area contributed by atoms with Gasteiger partial charge in [-0.15, -0.1) is 0 Å². The maximum Gasteiger partial charge on any atom is 0.263 e. The molecule has 1 aromatic rings. The normalized spacial score (nSPS) is 17.4. The van der Waals surface area contributed by atoms with Gasteiger partial charge in [0.1, 0.15) is 5.75 Å². The van der Waals surface area contributed by atoms with Crippen LogP contribution in [0.25, 0.3) is 0 Å². The monoisotopic (exact) mass is 304 g/mol. The van der Waals surface area contributed by atoms with Crippen LogP contribution in [0.1, 0.15) is 31.4 Å². The van der Waals surface area contributed by atoms with Crippen LogP contribution in [0.3, 0.4) is 0 Å². The predicted octanol–water partition coefficient (Wildman–Crippen LogP) is 2.62. The summed E-state index contributed by atoms with van der Waals surface area (Å²) in [7, 11) is 0. The van der Waals surface area contributed by atoms with Gasteiger partial charge in [-0.2, -0.15) is 0 Å². The molecule has 0 unspecified atom stereocenters. The lowest BCUT2D eigenvalue weighted by Gasteiger charge is -2.35. The zero-order valence-electron chi connectivity index (χ0n) is 14.3. The summed E-state index contributed by atoms with van der Waals surface area (Å²) < 4.78 is 5.96. The number of nitrogens with zero attached hydrogens (tertiary/aromatic N) is 2. The molecule has 22 heavy (non-hydrogen) atoms. The number of piperazine rings is 1. The Balaban J connectivity index is 1.98. The number of aryl methyl sites for hydroxylation is 2. The highest BCUT2D eigenvalue weighted by molar-refractivity contribution is 5.81. The maximum absolute atomic E-state index is 12.7. The summed E-state index contributed by atoms with van der Waals surface area (Å²) in [6, 6.07) is 6.01. The Bertz CT molecular complexity index is 508. The van der Waals surface area contributed by atoms with E-state index in [0.717, 1.165) is 38.5 Å². The van der Waals surface area contributed by atoms with Crippen LogP contribution in [-0.2, 0) is 4.79 Å². The minimum Gasteiger partial charge on any atom is -0.481 e. The first-order valence-electron chi connectivity index (χ1n) is 8.30. The highest BCUT2D eigenvalue weighted by Crippen LogP contribution is 2.19. The highest BCUT2D eigenvalue weighted by atomic mass is 16.5. The lowest BCUT2D eigenvalue weighted by molar-refractivity contribution is -0.140. The van der Waals surface area contributed by atoms with E-state index in [4.69, 9.17) is 4.74 Å². The Labute approximate surface area is 134 Å². The molecule has 1 heterocycles. The van der Waals surface area contributed by atoms with Crippen molar-refractivity contribution in [2.45, 2.75) is 40.2 Å². The van der Waals surface area contributed by atoms with Crippen LogP contribution in [0.4, 0.5) is 0 Å². The van der Waals surface area contributed by atoms with Gasteiger partial charge in [0.05, 0.1) is 0 Å². The largest absolute Gasteiger partial charge is 0.481 e. The first-order valence-corrected chi connectivity index (χ1v) is 8.30. The predicted molar refractivity (Wildman–Crippen MR) is 89.3 cm³/mol. The Morgan fingerprint density at radius 2 is 1.82 bits per heavy atom. The highest BCUT2D eigenvalue weighted by Gasteiger charge is 2.27. The van der Waals surface area contributed by atoms with Crippen LogP contribution < -0.4 is 4.74 Å². The molecule has 0 N–H and O–H groups in total. The number of amides is 1. The molecule has 122 valence electrons. The van der Waals surface area contributed by atoms with Gasteiger partial charge in [-0.3, -0.25) is 4.79 Å². The molecule has 2 rings (SSSR count). The molecule has 0 spiro atoms. The molecule has 1 aromatic carbocycles. The fraction of sp³-hybridized carbons (Fsp3) is 0.611.